The monoisotopic (exact) mass is 356 g/mol. The van der Waals surface area contributed by atoms with E-state index in [4.69, 9.17) is 5.11 Å². The van der Waals surface area contributed by atoms with Crippen LogP contribution >= 0.6 is 9.93 Å². The van der Waals surface area contributed by atoms with E-state index in [1.807, 2.05) is 6.92 Å². The molecule has 1 unspecified atom stereocenters. The van der Waals surface area contributed by atoms with Crippen LogP contribution in [0.25, 0.3) is 0 Å². The van der Waals surface area contributed by atoms with Crippen molar-refractivity contribution >= 4 is 24.8 Å². The molecule has 0 aromatic heterocycles. The fraction of sp³-hybridized carbons (Fsp3) is 0.188. The predicted octanol–water partition coefficient (Wildman–Crippen LogP) is 3.35. The number of carboxylic acid groups (broad SMARTS) is 1. The van der Waals surface area contributed by atoms with Crippen LogP contribution in [0.5, 0.6) is 0 Å². The van der Waals surface area contributed by atoms with Gasteiger partial charge in [0.25, 0.3) is 0 Å². The first-order chi connectivity index (χ1) is 10.7. The van der Waals surface area contributed by atoms with Crippen LogP contribution in [-0.2, 0) is 14.6 Å². The van der Waals surface area contributed by atoms with Gasteiger partial charge in [-0.05, 0) is 43.0 Å². The summed E-state index contributed by atoms with van der Waals surface area (Å²) in [7, 11) is -4.94. The van der Waals surface area contributed by atoms with Crippen LogP contribution in [-0.4, -0.2) is 25.7 Å². The number of carbonyl (C=O) groups is 1. The summed E-state index contributed by atoms with van der Waals surface area (Å²) >= 11 is 0. The predicted molar refractivity (Wildman–Crippen MR) is 90.3 cm³/mol. The molecule has 1 N–H and O–H groups in total. The zero-order valence-corrected chi connectivity index (χ0v) is 14.4. The lowest BCUT2D eigenvalue weighted by molar-refractivity contribution is 0.0691. The topological polar surface area (TPSA) is 71.4 Å². The molecular weight excluding hydrogens is 339 g/mol. The maximum absolute atomic E-state index is 13.4. The molecule has 0 amide bonds. The van der Waals surface area contributed by atoms with Gasteiger partial charge < -0.3 is 5.11 Å². The first-order valence-electron chi connectivity index (χ1n) is 6.76. The second-order valence-electron chi connectivity index (χ2n) is 5.19. The summed E-state index contributed by atoms with van der Waals surface area (Å²) < 4.78 is 38.5. The zero-order chi connectivity index (χ0) is 17.2. The van der Waals surface area contributed by atoms with Crippen LogP contribution in [0.15, 0.2) is 47.4 Å². The molecule has 2 rings (SSSR count). The second kappa shape index (κ2) is 6.72. The standard InChI is InChI=1S/C16H17FO4S2/c1-11-3-6-13(7-4-11)23(20,21)22(2)10-12-5-8-15(17)14(9-12)16(18)19/h3-9,22H,10H2,1-2H3,(H,18,19). The first-order valence-corrected chi connectivity index (χ1v) is 10.8. The molecule has 0 heterocycles. The van der Waals surface area contributed by atoms with E-state index in [-0.39, 0.29) is 10.6 Å². The largest absolute Gasteiger partial charge is 0.478 e. The normalized spacial score (nSPS) is 13.6. The van der Waals surface area contributed by atoms with Gasteiger partial charge in [-0.2, -0.15) is 0 Å². The van der Waals surface area contributed by atoms with Crippen LogP contribution in [0.2, 0.25) is 0 Å². The Morgan fingerprint density at radius 3 is 2.35 bits per heavy atom. The first kappa shape index (κ1) is 17.5. The lowest BCUT2D eigenvalue weighted by Gasteiger charge is -2.17. The van der Waals surface area contributed by atoms with Crippen molar-refractivity contribution in [2.24, 2.45) is 0 Å². The number of hydrogen-bond acceptors (Lipinski definition) is 3. The fourth-order valence-electron chi connectivity index (χ4n) is 2.07. The molecule has 23 heavy (non-hydrogen) atoms. The van der Waals surface area contributed by atoms with Gasteiger partial charge in [0.2, 0.25) is 8.87 Å². The molecule has 0 aliphatic rings. The van der Waals surface area contributed by atoms with Crippen molar-refractivity contribution in [1.82, 2.24) is 0 Å². The maximum Gasteiger partial charge on any atom is 0.338 e. The smallest absolute Gasteiger partial charge is 0.338 e. The molecule has 2 aromatic rings. The minimum atomic E-state index is -3.47. The van der Waals surface area contributed by atoms with Crippen LogP contribution in [0.3, 0.4) is 0 Å². The van der Waals surface area contributed by atoms with Gasteiger partial charge in [0.1, 0.15) is 5.82 Å². The van der Waals surface area contributed by atoms with Gasteiger partial charge in [-0.3, -0.25) is 0 Å². The molecule has 0 spiro atoms. The summed E-state index contributed by atoms with van der Waals surface area (Å²) in [5, 5.41) is 8.94. The molecule has 124 valence electrons. The summed E-state index contributed by atoms with van der Waals surface area (Å²) in [6.07, 6.45) is 1.62. The second-order valence-corrected chi connectivity index (χ2v) is 11.5. The van der Waals surface area contributed by atoms with E-state index in [9.17, 15) is 17.6 Å². The number of hydrogen-bond donors (Lipinski definition) is 2. The molecule has 0 fully saturated rings. The number of halogens is 1. The highest BCUT2D eigenvalue weighted by atomic mass is 33.2. The minimum absolute atomic E-state index is 0.173. The number of aromatic carboxylic acids is 1. The fourth-order valence-corrected chi connectivity index (χ4v) is 6.19. The lowest BCUT2D eigenvalue weighted by atomic mass is 10.1. The molecule has 0 saturated heterocycles. The van der Waals surface area contributed by atoms with Crippen molar-refractivity contribution in [3.8, 4) is 0 Å². The highest BCUT2D eigenvalue weighted by Gasteiger charge is 2.21. The number of rotatable bonds is 5. The van der Waals surface area contributed by atoms with Gasteiger partial charge >= 0.3 is 5.97 Å². The third kappa shape index (κ3) is 3.92. The van der Waals surface area contributed by atoms with E-state index < -0.39 is 36.1 Å². The van der Waals surface area contributed by atoms with Crippen molar-refractivity contribution in [1.29, 1.82) is 0 Å². The lowest BCUT2D eigenvalue weighted by Crippen LogP contribution is -2.05. The van der Waals surface area contributed by atoms with E-state index in [1.165, 1.54) is 12.1 Å². The van der Waals surface area contributed by atoms with Crippen molar-refractivity contribution < 1.29 is 22.7 Å². The van der Waals surface area contributed by atoms with Crippen LogP contribution in [0.4, 0.5) is 4.39 Å². The van der Waals surface area contributed by atoms with Gasteiger partial charge in [-0.15, -0.1) is 9.93 Å². The van der Waals surface area contributed by atoms with Crippen LogP contribution in [0.1, 0.15) is 21.5 Å². The summed E-state index contributed by atoms with van der Waals surface area (Å²) in [6.45, 7) is 1.87. The quantitative estimate of drug-likeness (QED) is 0.637. The van der Waals surface area contributed by atoms with Gasteiger partial charge in [0.15, 0.2) is 0 Å². The minimum Gasteiger partial charge on any atom is -0.478 e. The Balaban J connectivity index is 2.28. The molecule has 4 nitrogen and oxygen atoms in total. The van der Waals surface area contributed by atoms with E-state index in [2.05, 4.69) is 0 Å². The van der Waals surface area contributed by atoms with Gasteiger partial charge in [-0.25, -0.2) is 17.6 Å². The average Bonchev–Trinajstić information content (AvgIpc) is 2.49. The molecule has 0 aliphatic carbocycles. The Morgan fingerprint density at radius 1 is 1.17 bits per heavy atom. The number of aryl methyl sites for hydroxylation is 1. The molecule has 2 aromatic carbocycles. The maximum atomic E-state index is 13.4. The highest BCUT2D eigenvalue weighted by Crippen LogP contribution is 2.38. The molecule has 7 heteroatoms. The van der Waals surface area contributed by atoms with E-state index in [0.717, 1.165) is 11.6 Å². The molecular formula is C16H17FO4S2. The molecule has 0 aliphatic heterocycles. The molecule has 0 radical (unpaired) electrons. The summed E-state index contributed by atoms with van der Waals surface area (Å²) in [6, 6.07) is 10.3. The zero-order valence-electron chi connectivity index (χ0n) is 12.7. The van der Waals surface area contributed by atoms with E-state index >= 15 is 0 Å². The van der Waals surface area contributed by atoms with Crippen LogP contribution in [0, 0.1) is 12.7 Å². The summed E-state index contributed by atoms with van der Waals surface area (Å²) in [5.41, 5.74) is 1.01. The van der Waals surface area contributed by atoms with E-state index in [1.54, 1.807) is 30.5 Å². The van der Waals surface area contributed by atoms with E-state index in [0.29, 0.717) is 5.56 Å². The van der Waals surface area contributed by atoms with Crippen molar-refractivity contribution in [2.45, 2.75) is 17.6 Å². The highest BCUT2D eigenvalue weighted by molar-refractivity contribution is 8.80. The van der Waals surface area contributed by atoms with Gasteiger partial charge in [0, 0.05) is 5.75 Å². The average molecular weight is 356 g/mol. The Labute approximate surface area is 136 Å². The number of thiol groups is 1. The number of benzene rings is 2. The third-order valence-corrected chi connectivity index (χ3v) is 9.38. The molecule has 0 saturated carbocycles. The molecule has 0 bridgehead atoms. The number of carboxylic acids is 1. The molecule has 1 atom stereocenters. The Hall–Kier alpha value is -1.86. The Morgan fingerprint density at radius 2 is 1.78 bits per heavy atom. The summed E-state index contributed by atoms with van der Waals surface area (Å²) in [5.74, 6) is -2.03. The SMILES string of the molecule is Cc1ccc(S(=O)(=O)[SH](C)Cc2ccc(F)c(C(=O)O)c2)cc1. The van der Waals surface area contributed by atoms with Crippen molar-refractivity contribution in [3.05, 3.63) is 65.0 Å². The Kier molecular flexibility index (Phi) is 5.11. The van der Waals surface area contributed by atoms with Crippen molar-refractivity contribution in [3.63, 3.8) is 0 Å². The van der Waals surface area contributed by atoms with Gasteiger partial charge in [-0.1, -0.05) is 23.8 Å². The third-order valence-electron chi connectivity index (χ3n) is 3.40. The van der Waals surface area contributed by atoms with Crippen molar-refractivity contribution in [2.75, 3.05) is 6.26 Å². The summed E-state index contributed by atoms with van der Waals surface area (Å²) in [4.78, 5) is 11.2. The van der Waals surface area contributed by atoms with Gasteiger partial charge in [0.05, 0.1) is 10.5 Å². The Bertz CT molecular complexity index is 830. The van der Waals surface area contributed by atoms with Crippen LogP contribution < -0.4 is 0 Å².